The lowest BCUT2D eigenvalue weighted by molar-refractivity contribution is 0.474. The zero-order valence-corrected chi connectivity index (χ0v) is 20.1. The predicted molar refractivity (Wildman–Crippen MR) is 132 cm³/mol. The molecule has 3 aromatic rings. The van der Waals surface area contributed by atoms with Gasteiger partial charge in [0.1, 0.15) is 5.65 Å². The summed E-state index contributed by atoms with van der Waals surface area (Å²) in [5.74, 6) is 2.83. The van der Waals surface area contributed by atoms with Crippen molar-refractivity contribution < 1.29 is 0 Å². The number of aliphatic imine (C=N–C) groups is 1. The van der Waals surface area contributed by atoms with Crippen molar-refractivity contribution in [1.29, 1.82) is 0 Å². The Labute approximate surface area is 194 Å². The van der Waals surface area contributed by atoms with Crippen LogP contribution in [-0.4, -0.2) is 46.1 Å². The standard InChI is InChI=1S/C22H27N5S.HI/c1-17-7-6-10-21-25-19(15-27(17)21)13-24-22(23-2)26-12-11-18(14-26)16-28-20-8-4-3-5-9-20;/h3-10,15,18H,11-14,16H2,1-2H3,(H,23,24);1H. The minimum absolute atomic E-state index is 0. The highest BCUT2D eigenvalue weighted by Crippen LogP contribution is 2.25. The molecule has 29 heavy (non-hydrogen) atoms. The molecule has 3 heterocycles. The van der Waals surface area contributed by atoms with Crippen LogP contribution in [0.2, 0.25) is 0 Å². The number of guanidine groups is 1. The van der Waals surface area contributed by atoms with Gasteiger partial charge in [0.2, 0.25) is 0 Å². The number of likely N-dealkylation sites (tertiary alicyclic amines) is 1. The average molecular weight is 521 g/mol. The van der Waals surface area contributed by atoms with E-state index >= 15 is 0 Å². The molecular weight excluding hydrogens is 493 g/mol. The highest BCUT2D eigenvalue weighted by Gasteiger charge is 2.25. The lowest BCUT2D eigenvalue weighted by Gasteiger charge is -2.21. The van der Waals surface area contributed by atoms with Gasteiger partial charge in [0.15, 0.2) is 5.96 Å². The molecule has 0 saturated carbocycles. The molecule has 1 atom stereocenters. The summed E-state index contributed by atoms with van der Waals surface area (Å²) >= 11 is 1.95. The highest BCUT2D eigenvalue weighted by atomic mass is 127. The second-order valence-corrected chi connectivity index (χ2v) is 8.35. The van der Waals surface area contributed by atoms with Crippen molar-refractivity contribution >= 4 is 47.3 Å². The smallest absolute Gasteiger partial charge is 0.193 e. The van der Waals surface area contributed by atoms with Crippen molar-refractivity contribution in [3.05, 3.63) is 66.1 Å². The predicted octanol–water partition coefficient (Wildman–Crippen LogP) is 4.45. The molecule has 0 aliphatic carbocycles. The molecule has 1 unspecified atom stereocenters. The molecule has 1 saturated heterocycles. The van der Waals surface area contributed by atoms with Crippen molar-refractivity contribution in [2.75, 3.05) is 25.9 Å². The van der Waals surface area contributed by atoms with Crippen LogP contribution in [0.1, 0.15) is 17.8 Å². The monoisotopic (exact) mass is 521 g/mol. The van der Waals surface area contributed by atoms with E-state index in [2.05, 4.69) is 69.1 Å². The molecule has 1 fully saturated rings. The Hall–Kier alpha value is -1.74. The molecule has 154 valence electrons. The number of hydrogen-bond donors (Lipinski definition) is 1. The number of nitrogens with zero attached hydrogens (tertiary/aromatic N) is 4. The molecule has 0 bridgehead atoms. The summed E-state index contributed by atoms with van der Waals surface area (Å²) in [4.78, 5) is 12.9. The molecule has 1 aliphatic heterocycles. The number of aryl methyl sites for hydroxylation is 1. The van der Waals surface area contributed by atoms with Gasteiger partial charge < -0.3 is 14.6 Å². The number of aromatic nitrogens is 2. The topological polar surface area (TPSA) is 44.9 Å². The third kappa shape index (κ3) is 5.45. The minimum atomic E-state index is 0. The molecule has 5 nitrogen and oxygen atoms in total. The Bertz CT molecular complexity index is 956. The number of hydrogen-bond acceptors (Lipinski definition) is 3. The van der Waals surface area contributed by atoms with Crippen LogP contribution in [-0.2, 0) is 6.54 Å². The Balaban J connectivity index is 0.00000240. The number of nitrogens with one attached hydrogen (secondary N) is 1. The molecular formula is C22H28IN5S. The van der Waals surface area contributed by atoms with Gasteiger partial charge >= 0.3 is 0 Å². The maximum atomic E-state index is 4.71. The van der Waals surface area contributed by atoms with Gasteiger partial charge in [0, 0.05) is 42.7 Å². The van der Waals surface area contributed by atoms with Crippen molar-refractivity contribution in [2.24, 2.45) is 10.9 Å². The van der Waals surface area contributed by atoms with Gasteiger partial charge in [0.25, 0.3) is 0 Å². The fourth-order valence-electron chi connectivity index (χ4n) is 3.68. The van der Waals surface area contributed by atoms with Gasteiger partial charge in [-0.15, -0.1) is 35.7 Å². The lowest BCUT2D eigenvalue weighted by atomic mass is 10.2. The second kappa shape index (κ2) is 10.3. The molecule has 1 aliphatic rings. The van der Waals surface area contributed by atoms with Crippen LogP contribution in [0.25, 0.3) is 5.65 Å². The van der Waals surface area contributed by atoms with E-state index in [-0.39, 0.29) is 24.0 Å². The summed E-state index contributed by atoms with van der Waals surface area (Å²) in [5, 5.41) is 3.50. The Morgan fingerprint density at radius 3 is 2.79 bits per heavy atom. The van der Waals surface area contributed by atoms with Crippen LogP contribution in [0.15, 0.2) is 64.6 Å². The van der Waals surface area contributed by atoms with Crippen molar-refractivity contribution in [3.8, 4) is 0 Å². The zero-order valence-electron chi connectivity index (χ0n) is 16.9. The minimum Gasteiger partial charge on any atom is -0.351 e. The Morgan fingerprint density at radius 1 is 1.21 bits per heavy atom. The number of pyridine rings is 1. The van der Waals surface area contributed by atoms with Crippen LogP contribution in [0, 0.1) is 12.8 Å². The van der Waals surface area contributed by atoms with Crippen molar-refractivity contribution in [3.63, 3.8) is 0 Å². The number of rotatable bonds is 5. The van der Waals surface area contributed by atoms with E-state index < -0.39 is 0 Å². The van der Waals surface area contributed by atoms with E-state index in [9.17, 15) is 0 Å². The van der Waals surface area contributed by atoms with E-state index in [0.717, 1.165) is 36.1 Å². The maximum Gasteiger partial charge on any atom is 0.193 e. The third-order valence-electron chi connectivity index (χ3n) is 5.20. The van der Waals surface area contributed by atoms with Crippen molar-refractivity contribution in [2.45, 2.75) is 24.8 Å². The van der Waals surface area contributed by atoms with Crippen LogP contribution in [0.5, 0.6) is 0 Å². The molecule has 0 radical (unpaired) electrons. The number of benzene rings is 1. The van der Waals surface area contributed by atoms with E-state index in [1.807, 2.05) is 30.9 Å². The third-order valence-corrected chi connectivity index (χ3v) is 6.44. The fraction of sp³-hybridized carbons (Fsp3) is 0.364. The van der Waals surface area contributed by atoms with Gasteiger partial charge in [-0.05, 0) is 43.5 Å². The van der Waals surface area contributed by atoms with Gasteiger partial charge in [-0.25, -0.2) is 4.98 Å². The summed E-state index contributed by atoms with van der Waals surface area (Å²) in [7, 11) is 1.86. The van der Waals surface area contributed by atoms with E-state index in [1.54, 1.807) is 0 Å². The quantitative estimate of drug-likeness (QED) is 0.233. The summed E-state index contributed by atoms with van der Waals surface area (Å²) < 4.78 is 2.13. The first-order valence-corrected chi connectivity index (χ1v) is 10.8. The number of thioether (sulfide) groups is 1. The Kier molecular flexibility index (Phi) is 7.83. The van der Waals surface area contributed by atoms with Crippen LogP contribution < -0.4 is 5.32 Å². The van der Waals surface area contributed by atoms with Crippen LogP contribution in [0.4, 0.5) is 0 Å². The first-order valence-electron chi connectivity index (χ1n) is 9.80. The SMILES string of the molecule is CN=C(NCc1cn2c(C)cccc2n1)N1CCC(CSc2ccccc2)C1.I. The summed E-state index contributed by atoms with van der Waals surface area (Å²) in [6.07, 6.45) is 3.32. The van der Waals surface area contributed by atoms with Gasteiger partial charge in [0.05, 0.1) is 12.2 Å². The van der Waals surface area contributed by atoms with E-state index in [4.69, 9.17) is 4.98 Å². The average Bonchev–Trinajstić information content (AvgIpc) is 3.36. The second-order valence-electron chi connectivity index (χ2n) is 7.25. The molecule has 2 aromatic heterocycles. The number of imidazole rings is 1. The molecule has 1 aromatic carbocycles. The van der Waals surface area contributed by atoms with E-state index in [1.165, 1.54) is 17.0 Å². The van der Waals surface area contributed by atoms with Gasteiger partial charge in [-0.2, -0.15) is 0 Å². The largest absolute Gasteiger partial charge is 0.351 e. The molecule has 4 rings (SSSR count). The molecule has 0 spiro atoms. The first kappa shape index (κ1) is 22.0. The maximum absolute atomic E-state index is 4.71. The van der Waals surface area contributed by atoms with Crippen LogP contribution in [0.3, 0.4) is 0 Å². The molecule has 1 N–H and O–H groups in total. The van der Waals surface area contributed by atoms with Crippen molar-refractivity contribution in [1.82, 2.24) is 19.6 Å². The van der Waals surface area contributed by atoms with Crippen LogP contribution >= 0.6 is 35.7 Å². The van der Waals surface area contributed by atoms with Gasteiger partial charge in [-0.3, -0.25) is 4.99 Å². The fourth-order valence-corrected chi connectivity index (χ4v) is 4.73. The lowest BCUT2D eigenvalue weighted by Crippen LogP contribution is -2.39. The Morgan fingerprint density at radius 2 is 2.03 bits per heavy atom. The number of halogens is 1. The summed E-state index contributed by atoms with van der Waals surface area (Å²) in [6.45, 7) is 4.91. The van der Waals surface area contributed by atoms with Gasteiger partial charge in [-0.1, -0.05) is 24.3 Å². The number of fused-ring (bicyclic) bond motifs is 1. The molecule has 7 heteroatoms. The van der Waals surface area contributed by atoms with E-state index in [0.29, 0.717) is 12.5 Å². The first-order chi connectivity index (χ1) is 13.7. The summed E-state index contributed by atoms with van der Waals surface area (Å²) in [6, 6.07) is 16.9. The zero-order chi connectivity index (χ0) is 19.3. The normalized spacial score (nSPS) is 16.8. The molecule has 0 amide bonds. The summed E-state index contributed by atoms with van der Waals surface area (Å²) in [5.41, 5.74) is 3.22. The highest BCUT2D eigenvalue weighted by molar-refractivity contribution is 14.0.